The molecule has 2 rings (SSSR count). The highest BCUT2D eigenvalue weighted by atomic mass is 16.3. The van der Waals surface area contributed by atoms with Crippen LogP contribution in [-0.4, -0.2) is 12.0 Å². The molecule has 3 nitrogen and oxygen atoms in total. The second-order valence-corrected chi connectivity index (χ2v) is 2.62. The van der Waals surface area contributed by atoms with Crippen molar-refractivity contribution in [2.45, 2.75) is 6.54 Å². The molecule has 62 valence electrons. The largest absolute Gasteiger partial charge is 0.464 e. The maximum atomic E-state index is 5.24. The minimum atomic E-state index is 0.775. The van der Waals surface area contributed by atoms with Crippen LogP contribution < -0.4 is 5.32 Å². The Morgan fingerprint density at radius 3 is 3.25 bits per heavy atom. The molecule has 2 aromatic heterocycles. The Morgan fingerprint density at radius 2 is 2.42 bits per heavy atom. The number of hydrogen-bond donors (Lipinski definition) is 1. The highest BCUT2D eigenvalue weighted by molar-refractivity contribution is 5.79. The zero-order chi connectivity index (χ0) is 8.39. The zero-order valence-corrected chi connectivity index (χ0v) is 6.87. The first kappa shape index (κ1) is 7.31. The molecule has 0 aliphatic carbocycles. The summed E-state index contributed by atoms with van der Waals surface area (Å²) >= 11 is 0. The highest BCUT2D eigenvalue weighted by Gasteiger charge is 2.02. The lowest BCUT2D eigenvalue weighted by molar-refractivity contribution is 0.615. The van der Waals surface area contributed by atoms with E-state index in [9.17, 15) is 0 Å². The summed E-state index contributed by atoms with van der Waals surface area (Å²) in [6, 6.07) is 3.81. The third-order valence-corrected chi connectivity index (χ3v) is 1.81. The summed E-state index contributed by atoms with van der Waals surface area (Å²) in [6.45, 7) is 0.775. The Bertz CT molecular complexity index is 381. The van der Waals surface area contributed by atoms with E-state index in [4.69, 9.17) is 4.42 Å². The Morgan fingerprint density at radius 1 is 1.50 bits per heavy atom. The van der Waals surface area contributed by atoms with Crippen molar-refractivity contribution < 1.29 is 4.42 Å². The van der Waals surface area contributed by atoms with Crippen LogP contribution in [0.3, 0.4) is 0 Å². The molecule has 12 heavy (non-hydrogen) atoms. The van der Waals surface area contributed by atoms with Crippen LogP contribution in [0.5, 0.6) is 0 Å². The van der Waals surface area contributed by atoms with Crippen LogP contribution in [0, 0.1) is 0 Å². The summed E-state index contributed by atoms with van der Waals surface area (Å²) in [6.07, 6.45) is 3.45. The molecule has 3 heteroatoms. The molecule has 0 aliphatic rings. The molecule has 0 spiro atoms. The van der Waals surface area contributed by atoms with Crippen LogP contribution in [0.15, 0.2) is 29.0 Å². The summed E-state index contributed by atoms with van der Waals surface area (Å²) in [5.74, 6) is 0. The fraction of sp³-hybridized carbons (Fsp3) is 0.222. The van der Waals surface area contributed by atoms with Crippen molar-refractivity contribution in [1.29, 1.82) is 0 Å². The number of fused-ring (bicyclic) bond motifs is 1. The van der Waals surface area contributed by atoms with E-state index in [2.05, 4.69) is 10.3 Å². The van der Waals surface area contributed by atoms with Gasteiger partial charge < -0.3 is 9.73 Å². The van der Waals surface area contributed by atoms with E-state index in [0.717, 1.165) is 23.2 Å². The Kier molecular flexibility index (Phi) is 1.80. The van der Waals surface area contributed by atoms with Crippen molar-refractivity contribution in [3.63, 3.8) is 0 Å². The van der Waals surface area contributed by atoms with Gasteiger partial charge in [-0.15, -0.1) is 0 Å². The van der Waals surface area contributed by atoms with Crippen LogP contribution in [0.2, 0.25) is 0 Å². The molecule has 0 radical (unpaired) electrons. The number of nitrogens with zero attached hydrogens (tertiary/aromatic N) is 1. The molecule has 0 saturated carbocycles. The molecule has 0 aromatic carbocycles. The predicted octanol–water partition coefficient (Wildman–Crippen LogP) is 1.55. The third-order valence-electron chi connectivity index (χ3n) is 1.81. The van der Waals surface area contributed by atoms with E-state index in [0.29, 0.717) is 0 Å². The Balaban J connectivity index is 2.57. The average Bonchev–Trinajstić information content (AvgIpc) is 2.53. The van der Waals surface area contributed by atoms with E-state index in [1.807, 2.05) is 19.2 Å². The first-order valence-corrected chi connectivity index (χ1v) is 3.87. The van der Waals surface area contributed by atoms with E-state index in [1.54, 1.807) is 12.5 Å². The van der Waals surface area contributed by atoms with Gasteiger partial charge in [-0.3, -0.25) is 4.98 Å². The van der Waals surface area contributed by atoms with Crippen LogP contribution in [-0.2, 0) is 6.54 Å². The molecule has 1 N–H and O–H groups in total. The predicted molar refractivity (Wildman–Crippen MR) is 46.8 cm³/mol. The topological polar surface area (TPSA) is 38.1 Å². The van der Waals surface area contributed by atoms with Crippen LogP contribution in [0.4, 0.5) is 0 Å². The SMILES string of the molecule is CNCc1nccc2occc12. The normalized spacial score (nSPS) is 10.8. The van der Waals surface area contributed by atoms with Gasteiger partial charge in [0.25, 0.3) is 0 Å². The molecule has 0 unspecified atom stereocenters. The van der Waals surface area contributed by atoms with Gasteiger partial charge in [0.15, 0.2) is 0 Å². The molecular weight excluding hydrogens is 152 g/mol. The van der Waals surface area contributed by atoms with Gasteiger partial charge >= 0.3 is 0 Å². The average molecular weight is 162 g/mol. The molecule has 0 amide bonds. The van der Waals surface area contributed by atoms with E-state index >= 15 is 0 Å². The summed E-state index contributed by atoms with van der Waals surface area (Å²) in [4.78, 5) is 4.25. The second kappa shape index (κ2) is 2.95. The second-order valence-electron chi connectivity index (χ2n) is 2.62. The van der Waals surface area contributed by atoms with Crippen molar-refractivity contribution in [1.82, 2.24) is 10.3 Å². The molecule has 2 heterocycles. The molecule has 0 bridgehead atoms. The first-order chi connectivity index (χ1) is 5.92. The number of nitrogens with one attached hydrogen (secondary N) is 1. The lowest BCUT2D eigenvalue weighted by Gasteiger charge is -1.98. The fourth-order valence-electron chi connectivity index (χ4n) is 1.26. The maximum Gasteiger partial charge on any atom is 0.137 e. The molecule has 0 saturated heterocycles. The minimum absolute atomic E-state index is 0.775. The van der Waals surface area contributed by atoms with Gasteiger partial charge in [0.1, 0.15) is 5.58 Å². The van der Waals surface area contributed by atoms with Crippen LogP contribution in [0.25, 0.3) is 11.0 Å². The lowest BCUT2D eigenvalue weighted by Crippen LogP contribution is -2.06. The molecule has 2 aromatic rings. The van der Waals surface area contributed by atoms with Gasteiger partial charge in [0.2, 0.25) is 0 Å². The molecule has 0 fully saturated rings. The quantitative estimate of drug-likeness (QED) is 0.728. The number of aromatic nitrogens is 1. The van der Waals surface area contributed by atoms with Crippen LogP contribution >= 0.6 is 0 Å². The Hall–Kier alpha value is -1.35. The van der Waals surface area contributed by atoms with Gasteiger partial charge in [-0.1, -0.05) is 0 Å². The van der Waals surface area contributed by atoms with Gasteiger partial charge in [-0.05, 0) is 19.2 Å². The number of pyridine rings is 1. The summed E-state index contributed by atoms with van der Waals surface area (Å²) in [5, 5.41) is 4.15. The van der Waals surface area contributed by atoms with Gasteiger partial charge in [-0.25, -0.2) is 0 Å². The smallest absolute Gasteiger partial charge is 0.137 e. The first-order valence-electron chi connectivity index (χ1n) is 3.87. The monoisotopic (exact) mass is 162 g/mol. The molecular formula is C9H10N2O. The van der Waals surface area contributed by atoms with Crippen molar-refractivity contribution in [2.75, 3.05) is 7.05 Å². The van der Waals surface area contributed by atoms with Gasteiger partial charge in [0, 0.05) is 18.1 Å². The highest BCUT2D eigenvalue weighted by Crippen LogP contribution is 2.16. The maximum absolute atomic E-state index is 5.24. The van der Waals surface area contributed by atoms with E-state index in [1.165, 1.54) is 0 Å². The van der Waals surface area contributed by atoms with Gasteiger partial charge in [-0.2, -0.15) is 0 Å². The summed E-state index contributed by atoms with van der Waals surface area (Å²) < 4.78 is 5.24. The lowest BCUT2D eigenvalue weighted by atomic mass is 10.2. The number of hydrogen-bond acceptors (Lipinski definition) is 3. The standard InChI is InChI=1S/C9H10N2O/c1-10-6-8-7-3-5-12-9(7)2-4-11-8/h2-5,10H,6H2,1H3. The molecule has 0 aliphatic heterocycles. The number of furan rings is 1. The summed E-state index contributed by atoms with van der Waals surface area (Å²) in [7, 11) is 1.90. The van der Waals surface area contributed by atoms with E-state index in [-0.39, 0.29) is 0 Å². The minimum Gasteiger partial charge on any atom is -0.464 e. The summed E-state index contributed by atoms with van der Waals surface area (Å²) in [5.41, 5.74) is 1.93. The fourth-order valence-corrected chi connectivity index (χ4v) is 1.26. The van der Waals surface area contributed by atoms with E-state index < -0.39 is 0 Å². The van der Waals surface area contributed by atoms with Crippen molar-refractivity contribution >= 4 is 11.0 Å². The van der Waals surface area contributed by atoms with Crippen molar-refractivity contribution in [2.24, 2.45) is 0 Å². The third kappa shape index (κ3) is 1.08. The Labute approximate surface area is 70.4 Å². The van der Waals surface area contributed by atoms with Crippen LogP contribution in [0.1, 0.15) is 5.69 Å². The zero-order valence-electron chi connectivity index (χ0n) is 6.87. The molecule has 0 atom stereocenters. The van der Waals surface area contributed by atoms with Crippen molar-refractivity contribution in [3.8, 4) is 0 Å². The van der Waals surface area contributed by atoms with Gasteiger partial charge in [0.05, 0.1) is 12.0 Å². The number of rotatable bonds is 2. The van der Waals surface area contributed by atoms with Crippen molar-refractivity contribution in [3.05, 3.63) is 30.3 Å².